The Hall–Kier alpha value is -2.86. The molecule has 6 heteroatoms. The van der Waals surface area contributed by atoms with Crippen molar-refractivity contribution >= 4 is 33.8 Å². The lowest BCUT2D eigenvalue weighted by atomic mass is 10.0. The molecule has 0 saturated heterocycles. The van der Waals surface area contributed by atoms with Crippen molar-refractivity contribution in [3.63, 3.8) is 0 Å². The first kappa shape index (κ1) is 16.0. The van der Waals surface area contributed by atoms with Gasteiger partial charge >= 0.3 is 6.09 Å². The molecule has 1 aromatic heterocycles. The van der Waals surface area contributed by atoms with Gasteiger partial charge in [-0.1, -0.05) is 30.3 Å². The van der Waals surface area contributed by atoms with E-state index < -0.39 is 12.1 Å². The standard InChI is InChI=1S/C18H14NO4S/c20-10-16(15-11-24-17-7-6-13(21)8-14(15)17)19(18(22)23)9-12-4-2-1-3-5-12/h1-8,11,16,21H,9H2,(H,22,23). The summed E-state index contributed by atoms with van der Waals surface area (Å²) in [7, 11) is 0. The van der Waals surface area contributed by atoms with Crippen LogP contribution in [-0.4, -0.2) is 27.5 Å². The van der Waals surface area contributed by atoms with E-state index in [4.69, 9.17) is 0 Å². The van der Waals surface area contributed by atoms with Crippen molar-refractivity contribution in [2.24, 2.45) is 0 Å². The fraction of sp³-hybridized carbons (Fsp3) is 0.111. The van der Waals surface area contributed by atoms with E-state index in [1.807, 2.05) is 24.5 Å². The summed E-state index contributed by atoms with van der Waals surface area (Å²) in [4.78, 5) is 24.3. The number of fused-ring (bicyclic) bond motifs is 1. The lowest BCUT2D eigenvalue weighted by Crippen LogP contribution is -2.34. The monoisotopic (exact) mass is 340 g/mol. The zero-order valence-electron chi connectivity index (χ0n) is 12.5. The van der Waals surface area contributed by atoms with E-state index in [9.17, 15) is 19.8 Å². The quantitative estimate of drug-likeness (QED) is 0.737. The molecule has 24 heavy (non-hydrogen) atoms. The molecule has 2 N–H and O–H groups in total. The Bertz CT molecular complexity index is 875. The molecule has 1 unspecified atom stereocenters. The Morgan fingerprint density at radius 1 is 1.21 bits per heavy atom. The predicted molar refractivity (Wildman–Crippen MR) is 91.9 cm³/mol. The van der Waals surface area contributed by atoms with Gasteiger partial charge in [0.2, 0.25) is 6.29 Å². The molecule has 0 saturated carbocycles. The third-order valence-corrected chi connectivity index (χ3v) is 4.73. The van der Waals surface area contributed by atoms with Gasteiger partial charge in [-0.25, -0.2) is 4.79 Å². The number of hydrogen-bond acceptors (Lipinski definition) is 4. The summed E-state index contributed by atoms with van der Waals surface area (Å²) in [5.74, 6) is 0.0664. The van der Waals surface area contributed by atoms with Crippen LogP contribution in [0.15, 0.2) is 53.9 Å². The van der Waals surface area contributed by atoms with Gasteiger partial charge in [-0.05, 0) is 29.1 Å². The van der Waals surface area contributed by atoms with Crippen LogP contribution in [0.3, 0.4) is 0 Å². The molecule has 0 aliphatic rings. The minimum Gasteiger partial charge on any atom is -0.508 e. The van der Waals surface area contributed by atoms with Crippen molar-refractivity contribution in [3.05, 3.63) is 65.0 Å². The number of carboxylic acid groups (broad SMARTS) is 1. The highest BCUT2D eigenvalue weighted by Gasteiger charge is 2.28. The lowest BCUT2D eigenvalue weighted by molar-refractivity contribution is 0.133. The Morgan fingerprint density at radius 2 is 1.96 bits per heavy atom. The van der Waals surface area contributed by atoms with E-state index in [0.717, 1.165) is 15.2 Å². The molecule has 1 heterocycles. The zero-order valence-corrected chi connectivity index (χ0v) is 13.4. The van der Waals surface area contributed by atoms with E-state index in [1.54, 1.807) is 29.6 Å². The second kappa shape index (κ2) is 6.72. The van der Waals surface area contributed by atoms with Gasteiger partial charge in [0.15, 0.2) is 0 Å². The van der Waals surface area contributed by atoms with Gasteiger partial charge in [-0.15, -0.1) is 11.3 Å². The second-order valence-electron chi connectivity index (χ2n) is 5.29. The molecule has 1 amide bonds. The summed E-state index contributed by atoms with van der Waals surface area (Å²) in [6, 6.07) is 12.8. The van der Waals surface area contributed by atoms with Crippen LogP contribution in [0.2, 0.25) is 0 Å². The Kier molecular flexibility index (Phi) is 4.48. The number of aromatic hydroxyl groups is 1. The van der Waals surface area contributed by atoms with Crippen LogP contribution in [0.1, 0.15) is 17.2 Å². The number of benzene rings is 2. The smallest absolute Gasteiger partial charge is 0.408 e. The summed E-state index contributed by atoms with van der Waals surface area (Å²) in [5.41, 5.74) is 1.31. The SMILES string of the molecule is O=[C]C(c1csc2ccc(O)cc12)N(Cc1ccccc1)C(=O)O. The fourth-order valence-corrected chi connectivity index (χ4v) is 3.55. The first-order chi connectivity index (χ1) is 11.6. The lowest BCUT2D eigenvalue weighted by Gasteiger charge is -2.25. The van der Waals surface area contributed by atoms with Crippen LogP contribution >= 0.6 is 11.3 Å². The van der Waals surface area contributed by atoms with Crippen LogP contribution in [0.25, 0.3) is 10.1 Å². The van der Waals surface area contributed by atoms with Crippen LogP contribution in [-0.2, 0) is 11.3 Å². The second-order valence-corrected chi connectivity index (χ2v) is 6.20. The molecule has 0 aliphatic carbocycles. The summed E-state index contributed by atoms with van der Waals surface area (Å²) >= 11 is 1.39. The number of carbonyl (C=O) groups excluding carboxylic acids is 1. The molecule has 0 bridgehead atoms. The zero-order chi connectivity index (χ0) is 17.1. The largest absolute Gasteiger partial charge is 0.508 e. The maximum Gasteiger partial charge on any atom is 0.408 e. The predicted octanol–water partition coefficient (Wildman–Crippen LogP) is 3.94. The minimum absolute atomic E-state index is 0.0664. The minimum atomic E-state index is -1.20. The fourth-order valence-electron chi connectivity index (χ4n) is 2.59. The third-order valence-electron chi connectivity index (χ3n) is 3.75. The molecule has 3 aromatic rings. The Balaban J connectivity index is 2.02. The highest BCUT2D eigenvalue weighted by Crippen LogP contribution is 2.35. The third kappa shape index (κ3) is 3.09. The van der Waals surface area contributed by atoms with E-state index in [1.165, 1.54) is 17.4 Å². The van der Waals surface area contributed by atoms with Gasteiger partial charge < -0.3 is 10.2 Å². The van der Waals surface area contributed by atoms with Crippen molar-refractivity contribution in [2.75, 3.05) is 0 Å². The number of thiophene rings is 1. The normalized spacial score (nSPS) is 12.0. The molecule has 1 atom stereocenters. The summed E-state index contributed by atoms with van der Waals surface area (Å²) in [6.07, 6.45) is 0.636. The van der Waals surface area contributed by atoms with Gasteiger partial charge in [-0.2, -0.15) is 0 Å². The number of phenolic OH excluding ortho intramolecular Hbond substituents is 1. The first-order valence-corrected chi connectivity index (χ1v) is 8.09. The Labute approximate surface area is 142 Å². The summed E-state index contributed by atoms with van der Waals surface area (Å²) in [5, 5.41) is 21.6. The van der Waals surface area contributed by atoms with Crippen molar-refractivity contribution in [2.45, 2.75) is 12.6 Å². The number of amides is 1. The first-order valence-electron chi connectivity index (χ1n) is 7.21. The van der Waals surface area contributed by atoms with Crippen LogP contribution in [0.4, 0.5) is 4.79 Å². The maximum atomic E-state index is 11.7. The topological polar surface area (TPSA) is 77.8 Å². The molecule has 1 radical (unpaired) electrons. The number of nitrogens with zero attached hydrogens (tertiary/aromatic N) is 1. The average molecular weight is 340 g/mol. The van der Waals surface area contributed by atoms with Crippen LogP contribution < -0.4 is 0 Å². The number of phenols is 1. The van der Waals surface area contributed by atoms with Crippen molar-refractivity contribution in [3.8, 4) is 5.75 Å². The van der Waals surface area contributed by atoms with Gasteiger partial charge in [0.05, 0.1) is 6.54 Å². The van der Waals surface area contributed by atoms with Crippen LogP contribution in [0.5, 0.6) is 5.75 Å². The van der Waals surface area contributed by atoms with Crippen LogP contribution in [0, 0.1) is 0 Å². The van der Waals surface area contributed by atoms with Gasteiger partial charge in [0.1, 0.15) is 11.8 Å². The van der Waals surface area contributed by atoms with Gasteiger partial charge in [0.25, 0.3) is 0 Å². The highest BCUT2D eigenvalue weighted by atomic mass is 32.1. The summed E-state index contributed by atoms with van der Waals surface area (Å²) in [6.45, 7) is 0.0756. The summed E-state index contributed by atoms with van der Waals surface area (Å²) < 4.78 is 0.869. The van der Waals surface area contributed by atoms with E-state index >= 15 is 0 Å². The molecule has 5 nitrogen and oxygen atoms in total. The molecular formula is C18H14NO4S. The Morgan fingerprint density at radius 3 is 2.62 bits per heavy atom. The van der Waals surface area contributed by atoms with E-state index in [0.29, 0.717) is 10.9 Å². The van der Waals surface area contributed by atoms with Crippen molar-refractivity contribution in [1.82, 2.24) is 4.90 Å². The van der Waals surface area contributed by atoms with Crippen molar-refractivity contribution < 1.29 is 19.8 Å². The molecule has 0 aliphatic heterocycles. The van der Waals surface area contributed by atoms with E-state index in [-0.39, 0.29) is 12.3 Å². The molecule has 0 fully saturated rings. The molecule has 121 valence electrons. The number of rotatable bonds is 5. The maximum absolute atomic E-state index is 11.7. The molecular weight excluding hydrogens is 326 g/mol. The van der Waals surface area contributed by atoms with Gasteiger partial charge in [0, 0.05) is 15.6 Å². The molecule has 0 spiro atoms. The van der Waals surface area contributed by atoms with Crippen molar-refractivity contribution in [1.29, 1.82) is 0 Å². The molecule has 3 rings (SSSR count). The highest BCUT2D eigenvalue weighted by molar-refractivity contribution is 7.17. The van der Waals surface area contributed by atoms with Gasteiger partial charge in [-0.3, -0.25) is 9.69 Å². The average Bonchev–Trinajstić information content (AvgIpc) is 2.98. The number of carbonyl (C=O) groups is 1. The number of hydrogen-bond donors (Lipinski definition) is 2. The van der Waals surface area contributed by atoms with E-state index in [2.05, 4.69) is 0 Å². The molecule has 2 aromatic carbocycles.